The second kappa shape index (κ2) is 6.60. The highest BCUT2D eigenvalue weighted by Gasteiger charge is 2.19. The van der Waals surface area contributed by atoms with E-state index in [1.165, 1.54) is 4.57 Å². The summed E-state index contributed by atoms with van der Waals surface area (Å²) in [7, 11) is 0. The summed E-state index contributed by atoms with van der Waals surface area (Å²) in [5.41, 5.74) is -0.636. The van der Waals surface area contributed by atoms with Crippen molar-refractivity contribution in [1.29, 1.82) is 0 Å². The van der Waals surface area contributed by atoms with E-state index in [9.17, 15) is 14.4 Å². The standard InChI is InChI=1S/C16H20N2O4/c1-4-5-10-17-12-8-6-7-9-13(12)18(15(20)14(17)19)16(21)22-11(2)3/h6-9,11H,4-5,10H2,1-3H3. The number of unbranched alkanes of at least 4 members (excludes halogenated alkanes) is 1. The van der Waals surface area contributed by atoms with Gasteiger partial charge in [0.1, 0.15) is 0 Å². The predicted molar refractivity (Wildman–Crippen MR) is 84.4 cm³/mol. The number of carbonyl (C=O) groups is 1. The molecule has 1 aromatic heterocycles. The Morgan fingerprint density at radius 3 is 2.36 bits per heavy atom. The van der Waals surface area contributed by atoms with Gasteiger partial charge < -0.3 is 9.30 Å². The number of rotatable bonds is 4. The number of fused-ring (bicyclic) bond motifs is 1. The van der Waals surface area contributed by atoms with Gasteiger partial charge in [-0.25, -0.2) is 9.36 Å². The molecule has 0 aliphatic carbocycles. The Hall–Kier alpha value is -2.37. The molecule has 0 N–H and O–H groups in total. The fourth-order valence-electron chi connectivity index (χ4n) is 2.29. The molecular formula is C16H20N2O4. The first-order valence-electron chi connectivity index (χ1n) is 7.43. The molecule has 2 aromatic rings. The van der Waals surface area contributed by atoms with Crippen LogP contribution in [-0.2, 0) is 11.3 Å². The molecule has 6 nitrogen and oxygen atoms in total. The lowest BCUT2D eigenvalue weighted by molar-refractivity contribution is 0.117. The van der Waals surface area contributed by atoms with Crippen LogP contribution in [0, 0.1) is 0 Å². The summed E-state index contributed by atoms with van der Waals surface area (Å²) >= 11 is 0. The summed E-state index contributed by atoms with van der Waals surface area (Å²) in [6.45, 7) is 5.83. The van der Waals surface area contributed by atoms with Gasteiger partial charge >= 0.3 is 17.2 Å². The summed E-state index contributed by atoms with van der Waals surface area (Å²) in [5, 5.41) is 0. The zero-order valence-corrected chi connectivity index (χ0v) is 13.0. The highest BCUT2D eigenvalue weighted by molar-refractivity contribution is 5.85. The molecule has 0 radical (unpaired) electrons. The van der Waals surface area contributed by atoms with Gasteiger partial charge in [0.25, 0.3) is 0 Å². The Morgan fingerprint density at radius 2 is 1.77 bits per heavy atom. The van der Waals surface area contributed by atoms with E-state index in [0.29, 0.717) is 17.6 Å². The zero-order valence-electron chi connectivity index (χ0n) is 13.0. The molecule has 0 unspecified atom stereocenters. The Kier molecular flexibility index (Phi) is 4.80. The van der Waals surface area contributed by atoms with Gasteiger partial charge in [-0.15, -0.1) is 0 Å². The summed E-state index contributed by atoms with van der Waals surface area (Å²) in [4.78, 5) is 36.8. The van der Waals surface area contributed by atoms with E-state index in [2.05, 4.69) is 0 Å². The van der Waals surface area contributed by atoms with Gasteiger partial charge in [-0.2, -0.15) is 0 Å². The number of carbonyl (C=O) groups excluding carboxylic acids is 1. The van der Waals surface area contributed by atoms with E-state index in [0.717, 1.165) is 17.4 Å². The average Bonchev–Trinajstić information content (AvgIpc) is 2.47. The third-order valence-electron chi connectivity index (χ3n) is 3.30. The van der Waals surface area contributed by atoms with E-state index < -0.39 is 17.2 Å². The zero-order chi connectivity index (χ0) is 16.3. The summed E-state index contributed by atoms with van der Waals surface area (Å²) in [6, 6.07) is 6.85. The highest BCUT2D eigenvalue weighted by atomic mass is 16.6. The van der Waals surface area contributed by atoms with E-state index in [4.69, 9.17) is 4.74 Å². The third-order valence-corrected chi connectivity index (χ3v) is 3.30. The molecule has 0 aliphatic heterocycles. The van der Waals surface area contributed by atoms with Gasteiger partial charge in [0.05, 0.1) is 17.1 Å². The molecule has 118 valence electrons. The Labute approximate surface area is 127 Å². The first-order valence-corrected chi connectivity index (χ1v) is 7.43. The third kappa shape index (κ3) is 2.95. The van der Waals surface area contributed by atoms with Crippen molar-refractivity contribution in [2.45, 2.75) is 46.3 Å². The van der Waals surface area contributed by atoms with Crippen LogP contribution in [0.3, 0.4) is 0 Å². The van der Waals surface area contributed by atoms with E-state index in [-0.39, 0.29) is 6.10 Å². The molecule has 0 saturated heterocycles. The lowest BCUT2D eigenvalue weighted by atomic mass is 10.2. The van der Waals surface area contributed by atoms with Crippen LogP contribution in [0.15, 0.2) is 33.9 Å². The van der Waals surface area contributed by atoms with E-state index in [1.807, 2.05) is 6.92 Å². The Morgan fingerprint density at radius 1 is 1.14 bits per heavy atom. The quantitative estimate of drug-likeness (QED) is 0.813. The SMILES string of the molecule is CCCCn1c(=O)c(=O)n(C(=O)OC(C)C)c2ccccc21. The maximum absolute atomic E-state index is 12.3. The van der Waals surface area contributed by atoms with Gasteiger partial charge in [0.2, 0.25) is 0 Å². The van der Waals surface area contributed by atoms with Gasteiger partial charge in [-0.1, -0.05) is 25.5 Å². The molecule has 2 rings (SSSR count). The minimum absolute atomic E-state index is 0.374. The summed E-state index contributed by atoms with van der Waals surface area (Å²) in [5.74, 6) is 0. The van der Waals surface area contributed by atoms with Crippen LogP contribution in [0.25, 0.3) is 11.0 Å². The van der Waals surface area contributed by atoms with Crippen LogP contribution in [0.1, 0.15) is 33.6 Å². The van der Waals surface area contributed by atoms with Crippen LogP contribution >= 0.6 is 0 Å². The van der Waals surface area contributed by atoms with Gasteiger partial charge in [0.15, 0.2) is 0 Å². The molecule has 0 bridgehead atoms. The predicted octanol–water partition coefficient (Wildman–Crippen LogP) is 2.36. The highest BCUT2D eigenvalue weighted by Crippen LogP contribution is 2.12. The molecule has 0 fully saturated rings. The largest absolute Gasteiger partial charge is 0.446 e. The second-order valence-electron chi connectivity index (χ2n) is 5.37. The molecule has 1 heterocycles. The molecule has 0 amide bonds. The van der Waals surface area contributed by atoms with Crippen molar-refractivity contribution in [2.75, 3.05) is 0 Å². The van der Waals surface area contributed by atoms with E-state index in [1.54, 1.807) is 38.1 Å². The molecular weight excluding hydrogens is 284 g/mol. The number of benzene rings is 1. The molecule has 22 heavy (non-hydrogen) atoms. The lowest BCUT2D eigenvalue weighted by Gasteiger charge is -2.15. The van der Waals surface area contributed by atoms with Crippen molar-refractivity contribution in [3.8, 4) is 0 Å². The van der Waals surface area contributed by atoms with Crippen molar-refractivity contribution in [3.63, 3.8) is 0 Å². The number of aryl methyl sites for hydroxylation is 1. The lowest BCUT2D eigenvalue weighted by Crippen LogP contribution is -2.44. The molecule has 0 aliphatic rings. The van der Waals surface area contributed by atoms with Crippen LogP contribution in [0.5, 0.6) is 0 Å². The number of nitrogens with zero attached hydrogens (tertiary/aromatic N) is 2. The molecule has 6 heteroatoms. The number of hydrogen-bond donors (Lipinski definition) is 0. The summed E-state index contributed by atoms with van der Waals surface area (Å²) in [6.07, 6.45) is 0.486. The number of aromatic nitrogens is 2. The average molecular weight is 304 g/mol. The number of para-hydroxylation sites is 2. The maximum atomic E-state index is 12.3. The summed E-state index contributed by atoms with van der Waals surface area (Å²) < 4.78 is 7.33. The van der Waals surface area contributed by atoms with Crippen molar-refractivity contribution < 1.29 is 9.53 Å². The van der Waals surface area contributed by atoms with Crippen LogP contribution in [0.4, 0.5) is 4.79 Å². The minimum atomic E-state index is -0.875. The second-order valence-corrected chi connectivity index (χ2v) is 5.37. The number of ether oxygens (including phenoxy) is 1. The first-order chi connectivity index (χ1) is 10.5. The van der Waals surface area contributed by atoms with Crippen LogP contribution < -0.4 is 11.1 Å². The topological polar surface area (TPSA) is 70.3 Å². The molecule has 0 spiro atoms. The van der Waals surface area contributed by atoms with Gasteiger partial charge in [-0.3, -0.25) is 9.59 Å². The van der Waals surface area contributed by atoms with Gasteiger partial charge in [-0.05, 0) is 32.4 Å². The fraction of sp³-hybridized carbons (Fsp3) is 0.438. The number of hydrogen-bond acceptors (Lipinski definition) is 4. The van der Waals surface area contributed by atoms with Crippen molar-refractivity contribution >= 4 is 17.1 Å². The van der Waals surface area contributed by atoms with Crippen LogP contribution in [-0.4, -0.2) is 21.3 Å². The van der Waals surface area contributed by atoms with Crippen molar-refractivity contribution in [1.82, 2.24) is 9.13 Å². The monoisotopic (exact) mass is 304 g/mol. The van der Waals surface area contributed by atoms with Crippen molar-refractivity contribution in [3.05, 3.63) is 45.0 Å². The minimum Gasteiger partial charge on any atom is -0.446 e. The molecule has 0 saturated carbocycles. The van der Waals surface area contributed by atoms with Crippen molar-refractivity contribution in [2.24, 2.45) is 0 Å². The Balaban J connectivity index is 2.74. The smallest absolute Gasteiger partial charge is 0.421 e. The first kappa shape index (κ1) is 16.0. The Bertz CT molecular complexity index is 802. The van der Waals surface area contributed by atoms with Gasteiger partial charge in [0, 0.05) is 6.54 Å². The molecule has 0 atom stereocenters. The molecule has 1 aromatic carbocycles. The normalized spacial score (nSPS) is 11.1. The van der Waals surface area contributed by atoms with E-state index >= 15 is 0 Å². The fourth-order valence-corrected chi connectivity index (χ4v) is 2.29. The maximum Gasteiger partial charge on any atom is 0.421 e. The van der Waals surface area contributed by atoms with Crippen LogP contribution in [0.2, 0.25) is 0 Å².